The molecule has 3 heterocycles. The molecular formula is C28H35FN4O3. The Labute approximate surface area is 212 Å². The van der Waals surface area contributed by atoms with Crippen molar-refractivity contribution in [1.29, 1.82) is 0 Å². The van der Waals surface area contributed by atoms with Gasteiger partial charge in [-0.3, -0.25) is 9.80 Å². The number of likely N-dealkylation sites (N-methyl/N-ethyl adjacent to an activating group) is 1. The number of piperazine rings is 1. The third kappa shape index (κ3) is 5.56. The summed E-state index contributed by atoms with van der Waals surface area (Å²) in [5.74, 6) is 0.758. The van der Waals surface area contributed by atoms with E-state index in [2.05, 4.69) is 28.0 Å². The first-order chi connectivity index (χ1) is 17.5. The Morgan fingerprint density at radius 1 is 1.17 bits per heavy atom. The lowest BCUT2D eigenvalue weighted by Crippen LogP contribution is -2.50. The fraction of sp³-hybridized carbons (Fsp3) is 0.464. The van der Waals surface area contributed by atoms with Crippen LogP contribution in [0.4, 0.5) is 10.1 Å². The minimum atomic E-state index is -0.200. The highest BCUT2D eigenvalue weighted by Crippen LogP contribution is 2.36. The molecule has 5 rings (SSSR count). The van der Waals surface area contributed by atoms with Crippen molar-refractivity contribution in [2.24, 2.45) is 11.1 Å². The number of rotatable bonds is 8. The highest BCUT2D eigenvalue weighted by Gasteiger charge is 2.41. The molecular weight excluding hydrogens is 459 g/mol. The predicted molar refractivity (Wildman–Crippen MR) is 140 cm³/mol. The number of anilines is 1. The second-order valence-corrected chi connectivity index (χ2v) is 9.99. The van der Waals surface area contributed by atoms with E-state index in [0.29, 0.717) is 13.2 Å². The molecule has 2 aromatic rings. The smallest absolute Gasteiger partial charge is 0.151 e. The van der Waals surface area contributed by atoms with Gasteiger partial charge in [-0.05, 0) is 36.8 Å². The Morgan fingerprint density at radius 3 is 2.75 bits per heavy atom. The van der Waals surface area contributed by atoms with Crippen LogP contribution >= 0.6 is 0 Å². The summed E-state index contributed by atoms with van der Waals surface area (Å²) >= 11 is 0. The van der Waals surface area contributed by atoms with Crippen LogP contribution in [0.5, 0.6) is 5.75 Å². The molecule has 1 saturated heterocycles. The highest BCUT2D eigenvalue weighted by atomic mass is 19.1. The maximum atomic E-state index is 13.5. The average molecular weight is 495 g/mol. The van der Waals surface area contributed by atoms with Crippen molar-refractivity contribution in [2.75, 3.05) is 71.0 Å². The maximum Gasteiger partial charge on any atom is 0.151 e. The second-order valence-electron chi connectivity index (χ2n) is 9.99. The van der Waals surface area contributed by atoms with E-state index >= 15 is 0 Å². The average Bonchev–Trinajstić information content (AvgIpc) is 3.28. The van der Waals surface area contributed by atoms with Crippen molar-refractivity contribution in [3.05, 3.63) is 65.0 Å². The molecule has 7 nitrogen and oxygen atoms in total. The summed E-state index contributed by atoms with van der Waals surface area (Å²) in [6.45, 7) is 9.01. The van der Waals surface area contributed by atoms with Crippen LogP contribution < -0.4 is 9.64 Å². The Hall–Kier alpha value is -2.94. The summed E-state index contributed by atoms with van der Waals surface area (Å²) in [5.41, 5.74) is 5.13. The number of fused-ring (bicyclic) bond motifs is 3. The van der Waals surface area contributed by atoms with E-state index in [0.717, 1.165) is 67.5 Å². The fourth-order valence-electron chi connectivity index (χ4n) is 5.24. The number of benzene rings is 2. The monoisotopic (exact) mass is 494 g/mol. The molecule has 0 amide bonds. The summed E-state index contributed by atoms with van der Waals surface area (Å²) in [6, 6.07) is 12.8. The predicted octanol–water partition coefficient (Wildman–Crippen LogP) is 3.09. The van der Waals surface area contributed by atoms with Crippen LogP contribution in [0.1, 0.15) is 18.1 Å². The molecule has 2 atom stereocenters. The summed E-state index contributed by atoms with van der Waals surface area (Å²) < 4.78 is 19.6. The first-order valence-electron chi connectivity index (χ1n) is 12.7. The Kier molecular flexibility index (Phi) is 7.55. The largest absolute Gasteiger partial charge is 0.492 e. The third-order valence-electron chi connectivity index (χ3n) is 7.26. The van der Waals surface area contributed by atoms with Crippen molar-refractivity contribution in [3.63, 3.8) is 0 Å². The molecule has 192 valence electrons. The second kappa shape index (κ2) is 11.0. The number of hydrogen-bond donors (Lipinski definition) is 1. The van der Waals surface area contributed by atoms with Gasteiger partial charge in [0.1, 0.15) is 23.9 Å². The van der Waals surface area contributed by atoms with Gasteiger partial charge in [0.15, 0.2) is 6.10 Å². The van der Waals surface area contributed by atoms with Crippen LogP contribution in [0, 0.1) is 11.7 Å². The number of ether oxygens (including phenoxy) is 1. The molecule has 3 aliphatic rings. The van der Waals surface area contributed by atoms with Gasteiger partial charge in [-0.2, -0.15) is 0 Å². The van der Waals surface area contributed by atoms with Gasteiger partial charge in [0.25, 0.3) is 0 Å². The zero-order chi connectivity index (χ0) is 25.1. The van der Waals surface area contributed by atoms with Crippen LogP contribution in [-0.2, 0) is 4.84 Å². The Morgan fingerprint density at radius 2 is 1.97 bits per heavy atom. The summed E-state index contributed by atoms with van der Waals surface area (Å²) in [5, 5.41) is 13.7. The van der Waals surface area contributed by atoms with Crippen molar-refractivity contribution >= 4 is 17.5 Å². The minimum Gasteiger partial charge on any atom is -0.492 e. The summed E-state index contributed by atoms with van der Waals surface area (Å²) in [4.78, 5) is 12.8. The SMILES string of the molecule is C/C(=C\c1cccc(F)c1)CN1CCN(CC2ON=C3c4ccc(N(C)CCO)cc4OCC32)CC1. The lowest BCUT2D eigenvalue weighted by molar-refractivity contribution is 0.0101. The third-order valence-corrected chi connectivity index (χ3v) is 7.26. The number of oxime groups is 1. The zero-order valence-electron chi connectivity index (χ0n) is 21.1. The molecule has 2 unspecified atom stereocenters. The van der Waals surface area contributed by atoms with Crippen molar-refractivity contribution in [3.8, 4) is 5.75 Å². The van der Waals surface area contributed by atoms with Crippen LogP contribution in [0.2, 0.25) is 0 Å². The van der Waals surface area contributed by atoms with Crippen LogP contribution in [-0.4, -0.2) is 92.8 Å². The van der Waals surface area contributed by atoms with Gasteiger partial charge in [-0.1, -0.05) is 28.9 Å². The Balaban J connectivity index is 1.12. The van der Waals surface area contributed by atoms with Gasteiger partial charge >= 0.3 is 0 Å². The standard InChI is InChI=1S/C28H35FN4O3/c1-20(14-21-4-3-5-22(29)15-21)17-32-8-10-33(11-9-32)18-27-25-19-35-26-16-23(31(2)12-13-34)6-7-24(26)28(25)30-36-27/h3-7,14-16,25,27,34H,8-13,17-19H2,1-2H3/b20-14+. The number of nitrogens with zero attached hydrogens (tertiary/aromatic N) is 4. The first-order valence-corrected chi connectivity index (χ1v) is 12.7. The fourth-order valence-corrected chi connectivity index (χ4v) is 5.24. The molecule has 0 saturated carbocycles. The van der Waals surface area contributed by atoms with E-state index in [1.807, 2.05) is 36.2 Å². The number of aliphatic hydroxyl groups excluding tert-OH is 1. The van der Waals surface area contributed by atoms with Gasteiger partial charge in [-0.15, -0.1) is 0 Å². The van der Waals surface area contributed by atoms with Gasteiger partial charge in [-0.25, -0.2) is 4.39 Å². The molecule has 0 aliphatic carbocycles. The van der Waals surface area contributed by atoms with Crippen LogP contribution in [0.15, 0.2) is 53.2 Å². The molecule has 2 aromatic carbocycles. The molecule has 0 bridgehead atoms. The molecule has 36 heavy (non-hydrogen) atoms. The van der Waals surface area contributed by atoms with Crippen molar-refractivity contribution in [2.45, 2.75) is 13.0 Å². The van der Waals surface area contributed by atoms with E-state index < -0.39 is 0 Å². The first kappa shape index (κ1) is 24.7. The number of halogens is 1. The van der Waals surface area contributed by atoms with Gasteiger partial charge in [0.05, 0.1) is 12.5 Å². The molecule has 8 heteroatoms. The van der Waals surface area contributed by atoms with E-state index in [1.54, 1.807) is 12.1 Å². The molecule has 3 aliphatic heterocycles. The Bertz CT molecular complexity index is 1130. The number of hydrogen-bond acceptors (Lipinski definition) is 7. The quantitative estimate of drug-likeness (QED) is 0.609. The molecule has 0 radical (unpaired) electrons. The van der Waals surface area contributed by atoms with E-state index in [1.165, 1.54) is 11.6 Å². The lowest BCUT2D eigenvalue weighted by atomic mass is 9.90. The maximum absolute atomic E-state index is 13.5. The molecule has 0 spiro atoms. The van der Waals surface area contributed by atoms with Gasteiger partial charge in [0, 0.05) is 70.2 Å². The van der Waals surface area contributed by atoms with Crippen molar-refractivity contribution < 1.29 is 19.1 Å². The summed E-state index contributed by atoms with van der Waals surface area (Å²) in [7, 11) is 1.96. The topological polar surface area (TPSA) is 60.8 Å². The van der Waals surface area contributed by atoms with Crippen LogP contribution in [0.3, 0.4) is 0 Å². The van der Waals surface area contributed by atoms with Gasteiger partial charge in [0.2, 0.25) is 0 Å². The van der Waals surface area contributed by atoms with Crippen molar-refractivity contribution in [1.82, 2.24) is 9.80 Å². The van der Waals surface area contributed by atoms with E-state index in [9.17, 15) is 9.50 Å². The number of aliphatic hydroxyl groups is 1. The van der Waals surface area contributed by atoms with E-state index in [-0.39, 0.29) is 24.4 Å². The molecule has 1 fully saturated rings. The minimum absolute atomic E-state index is 0.00829. The zero-order valence-corrected chi connectivity index (χ0v) is 21.1. The molecule has 0 aromatic heterocycles. The molecule has 1 N–H and O–H groups in total. The lowest BCUT2D eigenvalue weighted by Gasteiger charge is -2.36. The van der Waals surface area contributed by atoms with Gasteiger partial charge < -0.3 is 19.6 Å². The highest BCUT2D eigenvalue weighted by molar-refractivity contribution is 6.06. The van der Waals surface area contributed by atoms with Crippen LogP contribution in [0.25, 0.3) is 6.08 Å². The summed E-state index contributed by atoms with van der Waals surface area (Å²) in [6.07, 6.45) is 2.06. The van der Waals surface area contributed by atoms with E-state index in [4.69, 9.17) is 9.57 Å². The normalized spacial score (nSPS) is 22.3.